The molecule has 0 atom stereocenters. The average Bonchev–Trinajstić information content (AvgIpc) is 3.14. The van der Waals surface area contributed by atoms with Gasteiger partial charge < -0.3 is 0 Å². The highest BCUT2D eigenvalue weighted by atomic mass is 35.5. The van der Waals surface area contributed by atoms with Crippen LogP contribution in [0.25, 0.3) is 39.2 Å². The minimum atomic E-state index is 0.708. The van der Waals surface area contributed by atoms with Gasteiger partial charge in [-0.05, 0) is 36.4 Å². The number of hydrogen-bond donors (Lipinski definition) is 0. The Balaban J connectivity index is 1.77. The van der Waals surface area contributed by atoms with E-state index in [0.29, 0.717) is 5.02 Å². The van der Waals surface area contributed by atoms with Crippen LogP contribution in [0.5, 0.6) is 0 Å². The first kappa shape index (κ1) is 16.7. The molecule has 0 aliphatic carbocycles. The molecule has 134 valence electrons. The van der Waals surface area contributed by atoms with E-state index in [4.69, 9.17) is 21.7 Å². The molecule has 0 aliphatic heterocycles. The Bertz CT molecular complexity index is 1240. The second kappa shape index (κ2) is 6.95. The van der Waals surface area contributed by atoms with E-state index in [1.165, 1.54) is 0 Å². The molecule has 0 spiro atoms. The molecule has 3 aromatic carbocycles. The van der Waals surface area contributed by atoms with Crippen molar-refractivity contribution in [1.82, 2.24) is 14.8 Å². The van der Waals surface area contributed by atoms with E-state index in [0.717, 1.165) is 39.2 Å². The Morgan fingerprint density at radius 1 is 0.643 bits per heavy atom. The molecule has 0 amide bonds. The van der Waals surface area contributed by atoms with Gasteiger partial charge in [0.05, 0.1) is 11.4 Å². The van der Waals surface area contributed by atoms with Crippen molar-refractivity contribution in [2.24, 2.45) is 0 Å². The molecule has 0 bridgehead atoms. The number of aromatic nitrogens is 3. The van der Waals surface area contributed by atoms with Crippen molar-refractivity contribution in [3.8, 4) is 28.2 Å². The maximum absolute atomic E-state index is 6.07. The van der Waals surface area contributed by atoms with Crippen molar-refractivity contribution < 1.29 is 0 Å². The van der Waals surface area contributed by atoms with Crippen molar-refractivity contribution in [1.29, 1.82) is 0 Å². The van der Waals surface area contributed by atoms with Crippen LogP contribution in [0.2, 0.25) is 5.02 Å². The third kappa shape index (κ3) is 2.96. The highest BCUT2D eigenvalue weighted by molar-refractivity contribution is 6.30. The molecule has 2 heterocycles. The van der Waals surface area contributed by atoms with Gasteiger partial charge in [0.15, 0.2) is 5.65 Å². The normalized spacial score (nSPS) is 11.0. The molecule has 0 aliphatic rings. The number of rotatable bonds is 3. The number of benzene rings is 3. The largest absolute Gasteiger partial charge is 0.228 e. The Morgan fingerprint density at radius 2 is 1.32 bits per heavy atom. The molecule has 4 heteroatoms. The SMILES string of the molecule is Clc1ccc(-c2nn(-c3ccccc3)c3nc(-c4ccccc4)ccc23)cc1. The Hall–Kier alpha value is -3.43. The summed E-state index contributed by atoms with van der Waals surface area (Å²) in [5.41, 5.74) is 5.72. The summed E-state index contributed by atoms with van der Waals surface area (Å²) >= 11 is 6.07. The zero-order chi connectivity index (χ0) is 18.9. The summed E-state index contributed by atoms with van der Waals surface area (Å²) < 4.78 is 1.91. The standard InChI is InChI=1S/C24H16ClN3/c25-19-13-11-18(12-14-19)23-21-15-16-22(17-7-3-1-4-8-17)26-24(21)28(27-23)20-9-5-2-6-10-20/h1-16H. The fraction of sp³-hybridized carbons (Fsp3) is 0. The van der Waals surface area contributed by atoms with Gasteiger partial charge in [0.25, 0.3) is 0 Å². The van der Waals surface area contributed by atoms with Gasteiger partial charge in [0, 0.05) is 21.5 Å². The number of fused-ring (bicyclic) bond motifs is 1. The summed E-state index contributed by atoms with van der Waals surface area (Å²) in [4.78, 5) is 4.96. The quantitative estimate of drug-likeness (QED) is 0.361. The molecular formula is C24H16ClN3. The summed E-state index contributed by atoms with van der Waals surface area (Å²) in [5.74, 6) is 0. The predicted molar refractivity (Wildman–Crippen MR) is 115 cm³/mol. The van der Waals surface area contributed by atoms with Crippen LogP contribution in [0, 0.1) is 0 Å². The molecule has 3 nitrogen and oxygen atoms in total. The summed E-state index contributed by atoms with van der Waals surface area (Å²) in [6.45, 7) is 0. The topological polar surface area (TPSA) is 30.7 Å². The molecule has 0 saturated carbocycles. The Labute approximate surface area is 167 Å². The van der Waals surface area contributed by atoms with E-state index >= 15 is 0 Å². The predicted octanol–water partition coefficient (Wildman–Crippen LogP) is 6.41. The molecule has 0 radical (unpaired) electrons. The van der Waals surface area contributed by atoms with E-state index in [1.54, 1.807) is 0 Å². The lowest BCUT2D eigenvalue weighted by Gasteiger charge is -2.04. The van der Waals surface area contributed by atoms with Crippen molar-refractivity contribution >= 4 is 22.6 Å². The first-order valence-corrected chi connectivity index (χ1v) is 9.44. The fourth-order valence-electron chi connectivity index (χ4n) is 3.34. The zero-order valence-corrected chi connectivity index (χ0v) is 15.7. The molecule has 2 aromatic heterocycles. The molecule has 28 heavy (non-hydrogen) atoms. The highest BCUT2D eigenvalue weighted by Gasteiger charge is 2.16. The monoisotopic (exact) mass is 381 g/mol. The van der Waals surface area contributed by atoms with Gasteiger partial charge in [-0.1, -0.05) is 72.3 Å². The fourth-order valence-corrected chi connectivity index (χ4v) is 3.46. The van der Waals surface area contributed by atoms with Gasteiger partial charge >= 0.3 is 0 Å². The van der Waals surface area contributed by atoms with Crippen LogP contribution in [0.4, 0.5) is 0 Å². The minimum Gasteiger partial charge on any atom is -0.228 e. The minimum absolute atomic E-state index is 0.708. The second-order valence-corrected chi connectivity index (χ2v) is 6.97. The molecule has 0 fully saturated rings. The first-order chi connectivity index (χ1) is 13.8. The summed E-state index contributed by atoms with van der Waals surface area (Å²) in [5, 5.41) is 6.62. The van der Waals surface area contributed by atoms with Crippen LogP contribution >= 0.6 is 11.6 Å². The number of hydrogen-bond acceptors (Lipinski definition) is 2. The zero-order valence-electron chi connectivity index (χ0n) is 15.0. The number of pyridine rings is 1. The van der Waals surface area contributed by atoms with Crippen LogP contribution in [0.15, 0.2) is 97.1 Å². The van der Waals surface area contributed by atoms with Crippen molar-refractivity contribution in [2.45, 2.75) is 0 Å². The van der Waals surface area contributed by atoms with Gasteiger partial charge in [0.1, 0.15) is 5.69 Å². The van der Waals surface area contributed by atoms with E-state index in [2.05, 4.69) is 18.2 Å². The lowest BCUT2D eigenvalue weighted by Crippen LogP contribution is -1.98. The van der Waals surface area contributed by atoms with Crippen molar-refractivity contribution in [3.63, 3.8) is 0 Å². The van der Waals surface area contributed by atoms with Gasteiger partial charge in [-0.3, -0.25) is 0 Å². The Kier molecular flexibility index (Phi) is 4.15. The molecule has 5 rings (SSSR count). The van der Waals surface area contributed by atoms with Crippen LogP contribution < -0.4 is 0 Å². The molecule has 0 N–H and O–H groups in total. The van der Waals surface area contributed by atoms with Crippen molar-refractivity contribution in [2.75, 3.05) is 0 Å². The van der Waals surface area contributed by atoms with Crippen LogP contribution in [-0.4, -0.2) is 14.8 Å². The summed E-state index contributed by atoms with van der Waals surface area (Å²) in [7, 11) is 0. The van der Waals surface area contributed by atoms with Crippen LogP contribution in [-0.2, 0) is 0 Å². The van der Waals surface area contributed by atoms with Gasteiger partial charge in [-0.25, -0.2) is 9.67 Å². The molecule has 5 aromatic rings. The van der Waals surface area contributed by atoms with E-state index < -0.39 is 0 Å². The third-order valence-electron chi connectivity index (χ3n) is 4.72. The summed E-state index contributed by atoms with van der Waals surface area (Å²) in [6.07, 6.45) is 0. The third-order valence-corrected chi connectivity index (χ3v) is 4.97. The second-order valence-electron chi connectivity index (χ2n) is 6.54. The van der Waals surface area contributed by atoms with Gasteiger partial charge in [-0.2, -0.15) is 5.10 Å². The lowest BCUT2D eigenvalue weighted by atomic mass is 10.1. The van der Waals surface area contributed by atoms with E-state index in [9.17, 15) is 0 Å². The summed E-state index contributed by atoms with van der Waals surface area (Å²) in [6, 6.07) is 32.2. The van der Waals surface area contributed by atoms with Gasteiger partial charge in [-0.15, -0.1) is 0 Å². The number of nitrogens with zero attached hydrogens (tertiary/aromatic N) is 3. The average molecular weight is 382 g/mol. The highest BCUT2D eigenvalue weighted by Crippen LogP contribution is 2.31. The molecule has 0 saturated heterocycles. The molecule has 0 unspecified atom stereocenters. The number of para-hydroxylation sites is 1. The van der Waals surface area contributed by atoms with Crippen LogP contribution in [0.3, 0.4) is 0 Å². The molecular weight excluding hydrogens is 366 g/mol. The lowest BCUT2D eigenvalue weighted by molar-refractivity contribution is 0.901. The maximum atomic E-state index is 6.07. The Morgan fingerprint density at radius 3 is 2.04 bits per heavy atom. The number of halogens is 1. The van der Waals surface area contributed by atoms with Crippen LogP contribution in [0.1, 0.15) is 0 Å². The van der Waals surface area contributed by atoms with E-state index in [1.807, 2.05) is 83.5 Å². The van der Waals surface area contributed by atoms with E-state index in [-0.39, 0.29) is 0 Å². The first-order valence-electron chi connectivity index (χ1n) is 9.06. The maximum Gasteiger partial charge on any atom is 0.164 e. The van der Waals surface area contributed by atoms with Gasteiger partial charge in [0.2, 0.25) is 0 Å². The van der Waals surface area contributed by atoms with Crippen molar-refractivity contribution in [3.05, 3.63) is 102 Å². The smallest absolute Gasteiger partial charge is 0.164 e.